The van der Waals surface area contributed by atoms with Gasteiger partial charge in [0.2, 0.25) is 5.91 Å². The van der Waals surface area contributed by atoms with Crippen LogP contribution < -0.4 is 15.5 Å². The molecule has 6 nitrogen and oxygen atoms in total. The van der Waals surface area contributed by atoms with Crippen LogP contribution >= 0.6 is 0 Å². The standard InChI is InChI=1S/C14H15N3O3/c18-12(8-10-13(19)16-14(20)15-10)17-7-3-5-9-4-1-2-6-11(9)17/h1-2,4,6,10H,3,5,7-8H2,(H2,15,16,19,20). The van der Waals surface area contributed by atoms with Crippen molar-refractivity contribution in [1.82, 2.24) is 10.6 Å². The van der Waals surface area contributed by atoms with E-state index in [0.29, 0.717) is 6.54 Å². The molecule has 20 heavy (non-hydrogen) atoms. The number of nitrogens with one attached hydrogen (secondary N) is 2. The normalized spacial score (nSPS) is 21.2. The van der Waals surface area contributed by atoms with E-state index in [0.717, 1.165) is 24.1 Å². The first-order chi connectivity index (χ1) is 9.65. The summed E-state index contributed by atoms with van der Waals surface area (Å²) in [6, 6.07) is 6.49. The Bertz CT molecular complexity index is 585. The van der Waals surface area contributed by atoms with E-state index in [1.54, 1.807) is 4.90 Å². The summed E-state index contributed by atoms with van der Waals surface area (Å²) in [4.78, 5) is 36.6. The fourth-order valence-electron chi connectivity index (χ4n) is 2.68. The maximum absolute atomic E-state index is 12.4. The van der Waals surface area contributed by atoms with E-state index in [4.69, 9.17) is 0 Å². The molecule has 0 spiro atoms. The van der Waals surface area contributed by atoms with Gasteiger partial charge in [0, 0.05) is 12.2 Å². The van der Waals surface area contributed by atoms with Crippen molar-refractivity contribution in [3.8, 4) is 0 Å². The van der Waals surface area contributed by atoms with E-state index >= 15 is 0 Å². The minimum absolute atomic E-state index is 0.00803. The van der Waals surface area contributed by atoms with E-state index in [-0.39, 0.29) is 12.3 Å². The third-order valence-electron chi connectivity index (χ3n) is 3.65. The van der Waals surface area contributed by atoms with Gasteiger partial charge in [-0.1, -0.05) is 18.2 Å². The summed E-state index contributed by atoms with van der Waals surface area (Å²) in [6.07, 6.45) is 1.86. The molecule has 0 bridgehead atoms. The fourth-order valence-corrected chi connectivity index (χ4v) is 2.68. The Labute approximate surface area is 116 Å². The molecule has 4 amide bonds. The Kier molecular flexibility index (Phi) is 3.14. The number of amides is 4. The van der Waals surface area contributed by atoms with Crippen LogP contribution in [0.1, 0.15) is 18.4 Å². The average molecular weight is 273 g/mol. The first-order valence-corrected chi connectivity index (χ1v) is 6.65. The summed E-state index contributed by atoms with van der Waals surface area (Å²) in [7, 11) is 0. The number of aryl methyl sites for hydroxylation is 1. The van der Waals surface area contributed by atoms with Crippen LogP contribution in [-0.2, 0) is 16.0 Å². The molecule has 1 unspecified atom stereocenters. The van der Waals surface area contributed by atoms with Crippen molar-refractivity contribution in [2.45, 2.75) is 25.3 Å². The van der Waals surface area contributed by atoms with Crippen LogP contribution in [0.2, 0.25) is 0 Å². The number of hydrogen-bond acceptors (Lipinski definition) is 3. The topological polar surface area (TPSA) is 78.5 Å². The molecule has 1 atom stereocenters. The summed E-state index contributed by atoms with van der Waals surface area (Å²) >= 11 is 0. The minimum Gasteiger partial charge on any atom is -0.325 e. The highest BCUT2D eigenvalue weighted by Crippen LogP contribution is 2.27. The molecule has 2 aliphatic rings. The third-order valence-corrected chi connectivity index (χ3v) is 3.65. The second-order valence-corrected chi connectivity index (χ2v) is 5.00. The Morgan fingerprint density at radius 1 is 1.30 bits per heavy atom. The van der Waals surface area contributed by atoms with E-state index < -0.39 is 18.0 Å². The molecule has 1 saturated heterocycles. The molecule has 2 heterocycles. The highest BCUT2D eigenvalue weighted by molar-refractivity contribution is 6.07. The molecule has 0 radical (unpaired) electrons. The lowest BCUT2D eigenvalue weighted by Crippen LogP contribution is -2.41. The minimum atomic E-state index is -0.760. The Balaban J connectivity index is 1.75. The number of nitrogens with zero attached hydrogens (tertiary/aromatic N) is 1. The number of fused-ring (bicyclic) bond motifs is 1. The second kappa shape index (κ2) is 4.96. The number of hydrogen-bond donors (Lipinski definition) is 2. The molecule has 6 heteroatoms. The van der Waals surface area contributed by atoms with Gasteiger partial charge in [-0.15, -0.1) is 0 Å². The van der Waals surface area contributed by atoms with Crippen LogP contribution in [0.5, 0.6) is 0 Å². The summed E-state index contributed by atoms with van der Waals surface area (Å²) in [5, 5.41) is 4.59. The Morgan fingerprint density at radius 3 is 2.85 bits per heavy atom. The molecule has 1 aromatic carbocycles. The van der Waals surface area contributed by atoms with E-state index in [1.807, 2.05) is 24.3 Å². The van der Waals surface area contributed by atoms with Crippen LogP contribution in [0, 0.1) is 0 Å². The molecular weight excluding hydrogens is 258 g/mol. The highest BCUT2D eigenvalue weighted by Gasteiger charge is 2.33. The molecule has 0 saturated carbocycles. The van der Waals surface area contributed by atoms with Gasteiger partial charge in [-0.25, -0.2) is 4.79 Å². The zero-order chi connectivity index (χ0) is 14.1. The lowest BCUT2D eigenvalue weighted by atomic mass is 10.0. The zero-order valence-corrected chi connectivity index (χ0v) is 10.9. The second-order valence-electron chi connectivity index (χ2n) is 5.00. The molecule has 0 aliphatic carbocycles. The van der Waals surface area contributed by atoms with Crippen molar-refractivity contribution in [3.05, 3.63) is 29.8 Å². The molecule has 2 N–H and O–H groups in total. The van der Waals surface area contributed by atoms with Crippen molar-refractivity contribution >= 4 is 23.5 Å². The van der Waals surface area contributed by atoms with E-state index in [9.17, 15) is 14.4 Å². The maximum atomic E-state index is 12.4. The van der Waals surface area contributed by atoms with Gasteiger partial charge in [0.25, 0.3) is 5.91 Å². The number of anilines is 1. The van der Waals surface area contributed by atoms with Crippen LogP contribution in [0.3, 0.4) is 0 Å². The fraction of sp³-hybridized carbons (Fsp3) is 0.357. The van der Waals surface area contributed by atoms with Crippen LogP contribution in [-0.4, -0.2) is 30.4 Å². The van der Waals surface area contributed by atoms with Crippen molar-refractivity contribution in [1.29, 1.82) is 0 Å². The molecule has 1 fully saturated rings. The number of benzene rings is 1. The molecule has 3 rings (SSSR count). The van der Waals surface area contributed by atoms with Gasteiger partial charge in [0.15, 0.2) is 0 Å². The third kappa shape index (κ3) is 2.24. The zero-order valence-electron chi connectivity index (χ0n) is 10.9. The number of para-hydroxylation sites is 1. The maximum Gasteiger partial charge on any atom is 0.322 e. The van der Waals surface area contributed by atoms with Gasteiger partial charge < -0.3 is 10.2 Å². The van der Waals surface area contributed by atoms with E-state index in [2.05, 4.69) is 10.6 Å². The SMILES string of the molecule is O=C1NC(=O)C(CC(=O)N2CCCc3ccccc32)N1. The summed E-state index contributed by atoms with van der Waals surface area (Å²) in [5.41, 5.74) is 2.06. The van der Waals surface area contributed by atoms with Gasteiger partial charge in [0.05, 0.1) is 6.42 Å². The van der Waals surface area contributed by atoms with E-state index in [1.165, 1.54) is 0 Å². The monoisotopic (exact) mass is 273 g/mol. The molecule has 0 aromatic heterocycles. The molecule has 1 aromatic rings. The first kappa shape index (κ1) is 12.7. The quantitative estimate of drug-likeness (QED) is 0.773. The number of carbonyl (C=O) groups excluding carboxylic acids is 3. The largest absolute Gasteiger partial charge is 0.325 e. The lowest BCUT2D eigenvalue weighted by molar-refractivity contribution is -0.125. The molecule has 2 aliphatic heterocycles. The highest BCUT2D eigenvalue weighted by atomic mass is 16.2. The van der Waals surface area contributed by atoms with Crippen LogP contribution in [0.4, 0.5) is 10.5 Å². The van der Waals surface area contributed by atoms with Crippen molar-refractivity contribution in [2.75, 3.05) is 11.4 Å². The predicted molar refractivity (Wildman–Crippen MR) is 72.2 cm³/mol. The van der Waals surface area contributed by atoms with Gasteiger partial charge in [-0.05, 0) is 24.5 Å². The van der Waals surface area contributed by atoms with Crippen LogP contribution in [0.25, 0.3) is 0 Å². The molecular formula is C14H15N3O3. The number of urea groups is 1. The van der Waals surface area contributed by atoms with Gasteiger partial charge in [-0.3, -0.25) is 14.9 Å². The van der Waals surface area contributed by atoms with Gasteiger partial charge >= 0.3 is 6.03 Å². The Hall–Kier alpha value is -2.37. The van der Waals surface area contributed by atoms with Crippen molar-refractivity contribution in [3.63, 3.8) is 0 Å². The number of carbonyl (C=O) groups is 3. The van der Waals surface area contributed by atoms with Gasteiger partial charge in [-0.2, -0.15) is 0 Å². The van der Waals surface area contributed by atoms with Crippen molar-refractivity contribution < 1.29 is 14.4 Å². The Morgan fingerprint density at radius 2 is 2.10 bits per heavy atom. The number of imide groups is 1. The van der Waals surface area contributed by atoms with Crippen molar-refractivity contribution in [2.24, 2.45) is 0 Å². The predicted octanol–water partition coefficient (Wildman–Crippen LogP) is 0.564. The summed E-state index contributed by atoms with van der Waals surface area (Å²) < 4.78 is 0. The molecule has 104 valence electrons. The first-order valence-electron chi connectivity index (χ1n) is 6.65. The summed E-state index contributed by atoms with van der Waals surface area (Å²) in [6.45, 7) is 0.651. The average Bonchev–Trinajstić information content (AvgIpc) is 2.76. The summed E-state index contributed by atoms with van der Waals surface area (Å²) in [5.74, 6) is -0.576. The van der Waals surface area contributed by atoms with Gasteiger partial charge in [0.1, 0.15) is 6.04 Å². The number of rotatable bonds is 2. The smallest absolute Gasteiger partial charge is 0.322 e. The lowest BCUT2D eigenvalue weighted by Gasteiger charge is -2.30. The van der Waals surface area contributed by atoms with Crippen LogP contribution in [0.15, 0.2) is 24.3 Å².